The van der Waals surface area contributed by atoms with Crippen molar-refractivity contribution in [1.29, 1.82) is 0 Å². The molecule has 2 aromatic heterocycles. The van der Waals surface area contributed by atoms with Crippen molar-refractivity contribution in [3.8, 4) is 16.9 Å². The first-order valence-corrected chi connectivity index (χ1v) is 11.8. The maximum atomic E-state index is 13.4. The Morgan fingerprint density at radius 1 is 1.00 bits per heavy atom. The zero-order valence-electron chi connectivity index (χ0n) is 19.6. The number of anilines is 2. The van der Waals surface area contributed by atoms with E-state index < -0.39 is 0 Å². The van der Waals surface area contributed by atoms with Crippen LogP contribution in [-0.2, 0) is 17.9 Å². The van der Waals surface area contributed by atoms with E-state index in [9.17, 15) is 4.39 Å². The number of nitrogens with one attached hydrogen (secondary N) is 1. The summed E-state index contributed by atoms with van der Waals surface area (Å²) >= 11 is 6.47. The molecule has 8 heteroatoms. The van der Waals surface area contributed by atoms with Crippen LogP contribution in [0.2, 0.25) is 5.02 Å². The van der Waals surface area contributed by atoms with Gasteiger partial charge in [-0.1, -0.05) is 29.8 Å². The molecule has 0 saturated heterocycles. The molecule has 36 heavy (non-hydrogen) atoms. The third-order valence-corrected chi connectivity index (χ3v) is 6.05. The van der Waals surface area contributed by atoms with Gasteiger partial charge in [-0.25, -0.2) is 14.4 Å². The maximum absolute atomic E-state index is 13.4. The van der Waals surface area contributed by atoms with Gasteiger partial charge >= 0.3 is 0 Å². The van der Waals surface area contributed by atoms with E-state index in [-0.39, 0.29) is 12.4 Å². The molecular weight excluding hydrogens is 479 g/mol. The van der Waals surface area contributed by atoms with Crippen LogP contribution in [0.4, 0.5) is 15.9 Å². The lowest BCUT2D eigenvalue weighted by Crippen LogP contribution is -2.00. The summed E-state index contributed by atoms with van der Waals surface area (Å²) in [6.07, 6.45) is 5.67. The molecule has 3 aromatic carbocycles. The van der Waals surface area contributed by atoms with Crippen LogP contribution in [0.5, 0.6) is 5.75 Å². The van der Waals surface area contributed by atoms with Gasteiger partial charge in [0.05, 0.1) is 17.1 Å². The second-order valence-corrected chi connectivity index (χ2v) is 8.68. The third kappa shape index (κ3) is 5.48. The van der Waals surface area contributed by atoms with Gasteiger partial charge in [-0.3, -0.25) is 0 Å². The molecule has 0 spiro atoms. The first-order chi connectivity index (χ1) is 17.6. The van der Waals surface area contributed by atoms with E-state index in [0.29, 0.717) is 23.2 Å². The Balaban J connectivity index is 1.35. The van der Waals surface area contributed by atoms with Crippen LogP contribution in [-0.4, -0.2) is 28.3 Å². The Morgan fingerprint density at radius 2 is 1.92 bits per heavy atom. The Bertz CT molecular complexity index is 1500. The number of nitrogens with zero attached hydrogens (tertiary/aromatic N) is 3. The molecule has 0 fully saturated rings. The Hall–Kier alpha value is -3.94. The largest absolute Gasteiger partial charge is 0.487 e. The number of fused-ring (bicyclic) bond motifs is 1. The fourth-order valence-electron chi connectivity index (χ4n) is 3.90. The molecule has 1 N–H and O–H groups in total. The van der Waals surface area contributed by atoms with Gasteiger partial charge in [0, 0.05) is 37.1 Å². The topological polar surface area (TPSA) is 61.2 Å². The number of benzene rings is 3. The molecule has 0 bridgehead atoms. The predicted octanol–water partition coefficient (Wildman–Crippen LogP) is 6.86. The molecule has 0 radical (unpaired) electrons. The number of methoxy groups -OCH3 is 1. The third-order valence-electron chi connectivity index (χ3n) is 5.75. The van der Waals surface area contributed by atoms with Crippen molar-refractivity contribution >= 4 is 34.0 Å². The van der Waals surface area contributed by atoms with E-state index in [1.54, 1.807) is 31.4 Å². The first-order valence-electron chi connectivity index (χ1n) is 11.4. The second-order valence-electron chi connectivity index (χ2n) is 8.27. The minimum absolute atomic E-state index is 0.219. The summed E-state index contributed by atoms with van der Waals surface area (Å²) in [5, 5.41) is 4.67. The molecule has 2 heterocycles. The van der Waals surface area contributed by atoms with E-state index in [1.807, 2.05) is 18.3 Å². The molecule has 5 aromatic rings. The SMILES string of the molecule is COCCn1ccc(-c2ccc3ncnc(Nc4ccc(OCc5cccc(F)c5)c(Cl)c4)c3c2)c1. The highest BCUT2D eigenvalue weighted by Crippen LogP contribution is 2.32. The summed E-state index contributed by atoms with van der Waals surface area (Å²) in [5.74, 6) is 0.884. The Kier molecular flexibility index (Phi) is 7.11. The van der Waals surface area contributed by atoms with Crippen LogP contribution in [0.3, 0.4) is 0 Å². The van der Waals surface area contributed by atoms with Crippen LogP contribution >= 0.6 is 11.6 Å². The van der Waals surface area contributed by atoms with Gasteiger partial charge in [0.1, 0.15) is 30.3 Å². The van der Waals surface area contributed by atoms with Gasteiger partial charge in [-0.15, -0.1) is 0 Å². The average Bonchev–Trinajstić information content (AvgIpc) is 3.36. The normalized spacial score (nSPS) is 11.1. The maximum Gasteiger partial charge on any atom is 0.141 e. The van der Waals surface area contributed by atoms with Crippen LogP contribution in [0.1, 0.15) is 5.56 Å². The number of halogens is 2. The zero-order valence-corrected chi connectivity index (χ0v) is 20.4. The lowest BCUT2D eigenvalue weighted by molar-refractivity contribution is 0.187. The predicted molar refractivity (Wildman–Crippen MR) is 140 cm³/mol. The highest BCUT2D eigenvalue weighted by atomic mass is 35.5. The Morgan fingerprint density at radius 3 is 2.75 bits per heavy atom. The molecule has 182 valence electrons. The van der Waals surface area contributed by atoms with Gasteiger partial charge in [0.2, 0.25) is 0 Å². The fourth-order valence-corrected chi connectivity index (χ4v) is 4.14. The van der Waals surface area contributed by atoms with Crippen LogP contribution in [0, 0.1) is 5.82 Å². The molecule has 0 unspecified atom stereocenters. The van der Waals surface area contributed by atoms with Gasteiger partial charge in [0.15, 0.2) is 0 Å². The molecule has 0 aliphatic carbocycles. The molecule has 0 atom stereocenters. The van der Waals surface area contributed by atoms with Gasteiger partial charge in [0.25, 0.3) is 0 Å². The summed E-state index contributed by atoms with van der Waals surface area (Å²) in [6.45, 7) is 1.67. The van der Waals surface area contributed by atoms with E-state index >= 15 is 0 Å². The van der Waals surface area contributed by atoms with Crippen molar-refractivity contribution in [2.24, 2.45) is 0 Å². The first kappa shape index (κ1) is 23.8. The summed E-state index contributed by atoms with van der Waals surface area (Å²) in [4.78, 5) is 8.87. The minimum atomic E-state index is -0.300. The van der Waals surface area contributed by atoms with E-state index in [4.69, 9.17) is 21.1 Å². The summed E-state index contributed by atoms with van der Waals surface area (Å²) in [5.41, 5.74) is 4.48. The van der Waals surface area contributed by atoms with Crippen LogP contribution < -0.4 is 10.1 Å². The standard InChI is InChI=1S/C28H24ClFN4O2/c1-35-12-11-34-10-9-21(16-34)20-5-7-26-24(14-20)28(32-18-31-26)33-23-6-8-27(25(29)15-23)36-17-19-3-2-4-22(30)13-19/h2-10,13-16,18H,11-12,17H2,1H3,(H,31,32,33). The lowest BCUT2D eigenvalue weighted by atomic mass is 10.1. The van der Waals surface area contributed by atoms with Crippen molar-refractivity contribution in [1.82, 2.24) is 14.5 Å². The van der Waals surface area contributed by atoms with Gasteiger partial charge < -0.3 is 19.4 Å². The zero-order chi connectivity index (χ0) is 24.9. The van der Waals surface area contributed by atoms with Crippen LogP contribution in [0.25, 0.3) is 22.0 Å². The second kappa shape index (κ2) is 10.8. The van der Waals surface area contributed by atoms with Crippen molar-refractivity contribution in [3.05, 3.63) is 102 Å². The molecule has 0 amide bonds. The van der Waals surface area contributed by atoms with Gasteiger partial charge in [-0.2, -0.15) is 0 Å². The average molecular weight is 503 g/mol. The smallest absolute Gasteiger partial charge is 0.141 e. The van der Waals surface area contributed by atoms with E-state index in [1.165, 1.54) is 18.5 Å². The highest BCUT2D eigenvalue weighted by molar-refractivity contribution is 6.32. The summed E-state index contributed by atoms with van der Waals surface area (Å²) < 4.78 is 26.5. The lowest BCUT2D eigenvalue weighted by Gasteiger charge is -2.12. The van der Waals surface area contributed by atoms with E-state index in [2.05, 4.69) is 44.2 Å². The molecule has 0 aliphatic heterocycles. The number of ether oxygens (including phenoxy) is 2. The fraction of sp³-hybridized carbons (Fsp3) is 0.143. The van der Waals surface area contributed by atoms with Gasteiger partial charge in [-0.05, 0) is 65.2 Å². The van der Waals surface area contributed by atoms with E-state index in [0.717, 1.165) is 39.8 Å². The quantitative estimate of drug-likeness (QED) is 0.238. The number of hydrogen-bond donors (Lipinski definition) is 1. The number of rotatable bonds is 9. The molecule has 6 nitrogen and oxygen atoms in total. The van der Waals surface area contributed by atoms with Crippen molar-refractivity contribution in [2.45, 2.75) is 13.2 Å². The number of aromatic nitrogens is 3. The summed E-state index contributed by atoms with van der Waals surface area (Å²) in [7, 11) is 1.70. The number of hydrogen-bond acceptors (Lipinski definition) is 5. The van der Waals surface area contributed by atoms with Crippen molar-refractivity contribution in [2.75, 3.05) is 19.0 Å². The molecule has 0 aliphatic rings. The summed E-state index contributed by atoms with van der Waals surface area (Å²) in [6, 6.07) is 19.9. The van der Waals surface area contributed by atoms with Crippen molar-refractivity contribution < 1.29 is 13.9 Å². The van der Waals surface area contributed by atoms with Crippen molar-refractivity contribution in [3.63, 3.8) is 0 Å². The monoisotopic (exact) mass is 502 g/mol. The molecular formula is C28H24ClFN4O2. The minimum Gasteiger partial charge on any atom is -0.487 e. The van der Waals surface area contributed by atoms with Crippen LogP contribution in [0.15, 0.2) is 85.5 Å². The Labute approximate surface area is 213 Å². The molecule has 5 rings (SSSR count). The molecule has 0 saturated carbocycles. The highest BCUT2D eigenvalue weighted by Gasteiger charge is 2.10.